The Morgan fingerprint density at radius 3 is 2.02 bits per heavy atom. The first-order chi connectivity index (χ1) is 19.8. The predicted octanol–water partition coefficient (Wildman–Crippen LogP) is 7.84. The average molecular weight is 518 g/mol. The number of hydrogen-bond donors (Lipinski definition) is 1. The molecule has 0 radical (unpaired) electrons. The number of aromatic nitrogens is 1. The van der Waals surface area contributed by atoms with Crippen molar-refractivity contribution in [1.29, 1.82) is 5.41 Å². The predicted molar refractivity (Wildman–Crippen MR) is 162 cm³/mol. The van der Waals surface area contributed by atoms with Crippen molar-refractivity contribution < 1.29 is 4.42 Å². The van der Waals surface area contributed by atoms with Crippen molar-refractivity contribution in [3.63, 3.8) is 0 Å². The zero-order valence-corrected chi connectivity index (χ0v) is 21.9. The molecule has 2 heterocycles. The fourth-order valence-corrected chi connectivity index (χ4v) is 5.45. The van der Waals surface area contributed by atoms with E-state index < -0.39 is 0 Å². The van der Waals surface area contributed by atoms with E-state index in [1.807, 2.05) is 66.7 Å². The molecule has 0 atom stereocenters. The van der Waals surface area contributed by atoms with E-state index in [2.05, 4.69) is 71.3 Å². The molecule has 0 fully saturated rings. The highest BCUT2D eigenvalue weighted by atomic mass is 16.3. The van der Waals surface area contributed by atoms with Crippen molar-refractivity contribution >= 4 is 32.5 Å². The normalized spacial score (nSPS) is 11.9. The van der Waals surface area contributed by atoms with Gasteiger partial charge in [-0.05, 0) is 34.2 Å². The van der Waals surface area contributed by atoms with Crippen LogP contribution in [-0.4, -0.2) is 4.57 Å². The van der Waals surface area contributed by atoms with Crippen LogP contribution in [0.3, 0.4) is 0 Å². The van der Waals surface area contributed by atoms with Gasteiger partial charge in [-0.15, -0.1) is 0 Å². The Labute approximate surface area is 231 Å². The highest BCUT2D eigenvalue weighted by molar-refractivity contribution is 6.14. The smallest absolute Gasteiger partial charge is 0.226 e. The third-order valence-electron chi connectivity index (χ3n) is 7.43. The van der Waals surface area contributed by atoms with E-state index in [0.717, 1.165) is 49.5 Å². The third-order valence-corrected chi connectivity index (χ3v) is 7.43. The Morgan fingerprint density at radius 1 is 0.625 bits per heavy atom. The second kappa shape index (κ2) is 10.2. The van der Waals surface area contributed by atoms with Crippen LogP contribution in [0.5, 0.6) is 0 Å². The first-order valence-electron chi connectivity index (χ1n) is 13.5. The minimum Gasteiger partial charge on any atom is -0.437 e. The Morgan fingerprint density at radius 2 is 1.27 bits per heavy atom. The van der Waals surface area contributed by atoms with Crippen molar-refractivity contribution in [2.45, 2.75) is 13.1 Å². The summed E-state index contributed by atoms with van der Waals surface area (Å²) < 4.78 is 8.71. The number of rotatable bonds is 5. The lowest BCUT2D eigenvalue weighted by Gasteiger charge is -2.18. The lowest BCUT2D eigenvalue weighted by atomic mass is 10.0. The molecule has 5 aromatic carbocycles. The van der Waals surface area contributed by atoms with Crippen molar-refractivity contribution in [1.82, 2.24) is 4.57 Å². The molecular weight excluding hydrogens is 490 g/mol. The highest BCUT2D eigenvalue weighted by Crippen LogP contribution is 2.31. The summed E-state index contributed by atoms with van der Waals surface area (Å²) in [7, 11) is 0. The summed E-state index contributed by atoms with van der Waals surface area (Å²) in [5, 5.41) is 14.4. The van der Waals surface area contributed by atoms with Crippen molar-refractivity contribution in [3.8, 4) is 11.3 Å². The first kappa shape index (κ1) is 23.9. The molecular formula is C36H27N3O. The van der Waals surface area contributed by atoms with Crippen molar-refractivity contribution in [2.24, 2.45) is 4.99 Å². The lowest BCUT2D eigenvalue weighted by molar-refractivity contribution is 0.544. The number of pyridine rings is 1. The zero-order valence-electron chi connectivity index (χ0n) is 21.9. The molecule has 7 aromatic rings. The van der Waals surface area contributed by atoms with E-state index in [-0.39, 0.29) is 0 Å². The molecule has 0 aliphatic heterocycles. The Bertz CT molecular complexity index is 2110. The molecule has 0 aliphatic carbocycles. The van der Waals surface area contributed by atoms with Gasteiger partial charge in [0.2, 0.25) is 5.55 Å². The van der Waals surface area contributed by atoms with Crippen LogP contribution in [-0.2, 0) is 13.1 Å². The molecule has 0 amide bonds. The molecule has 0 saturated carbocycles. The summed E-state index contributed by atoms with van der Waals surface area (Å²) in [6.45, 7) is 1.03. The molecule has 0 spiro atoms. The summed E-state index contributed by atoms with van der Waals surface area (Å²) in [4.78, 5) is 4.97. The molecule has 0 saturated heterocycles. The molecule has 0 unspecified atom stereocenters. The van der Waals surface area contributed by atoms with Crippen LogP contribution in [0, 0.1) is 5.41 Å². The fourth-order valence-electron chi connectivity index (χ4n) is 5.45. The van der Waals surface area contributed by atoms with E-state index in [4.69, 9.17) is 9.41 Å². The van der Waals surface area contributed by atoms with Crippen LogP contribution in [0.25, 0.3) is 43.8 Å². The number of fused-ring (bicyclic) bond motifs is 5. The maximum atomic E-state index is 9.58. The third kappa shape index (κ3) is 4.30. The average Bonchev–Trinajstić information content (AvgIpc) is 3.02. The van der Waals surface area contributed by atoms with Crippen LogP contribution in [0.4, 0.5) is 0 Å². The highest BCUT2D eigenvalue weighted by Gasteiger charge is 2.16. The summed E-state index contributed by atoms with van der Waals surface area (Å²) in [6.07, 6.45) is 0. The minimum absolute atomic E-state index is 0.380. The van der Waals surface area contributed by atoms with Crippen LogP contribution in [0.15, 0.2) is 143 Å². The molecule has 0 bridgehead atoms. The van der Waals surface area contributed by atoms with Gasteiger partial charge < -0.3 is 8.98 Å². The largest absolute Gasteiger partial charge is 0.437 e. The van der Waals surface area contributed by atoms with Crippen LogP contribution in [0.1, 0.15) is 11.1 Å². The monoisotopic (exact) mass is 517 g/mol. The van der Waals surface area contributed by atoms with E-state index in [1.165, 1.54) is 0 Å². The molecule has 40 heavy (non-hydrogen) atoms. The summed E-state index contributed by atoms with van der Waals surface area (Å²) >= 11 is 0. The van der Waals surface area contributed by atoms with Gasteiger partial charge in [-0.2, -0.15) is 0 Å². The Balaban J connectivity index is 1.60. The number of benzene rings is 5. The number of nitrogens with one attached hydrogen (secondary N) is 1. The maximum absolute atomic E-state index is 9.58. The fraction of sp³-hybridized carbons (Fsp3) is 0.0556. The second-order valence-electron chi connectivity index (χ2n) is 9.98. The lowest BCUT2D eigenvalue weighted by Crippen LogP contribution is -2.27. The van der Waals surface area contributed by atoms with E-state index in [0.29, 0.717) is 29.5 Å². The van der Waals surface area contributed by atoms with Gasteiger partial charge in [0.1, 0.15) is 11.1 Å². The molecule has 2 aromatic heterocycles. The van der Waals surface area contributed by atoms with E-state index >= 15 is 0 Å². The summed E-state index contributed by atoms with van der Waals surface area (Å²) in [6, 6.07) is 45.5. The molecule has 4 heteroatoms. The van der Waals surface area contributed by atoms with Crippen LogP contribution >= 0.6 is 0 Å². The molecule has 1 N–H and O–H groups in total. The van der Waals surface area contributed by atoms with Crippen molar-refractivity contribution in [2.75, 3.05) is 0 Å². The molecule has 4 nitrogen and oxygen atoms in total. The Kier molecular flexibility index (Phi) is 6.06. The van der Waals surface area contributed by atoms with Gasteiger partial charge in [0, 0.05) is 22.7 Å². The first-order valence-corrected chi connectivity index (χ1v) is 13.5. The van der Waals surface area contributed by atoms with E-state index in [1.54, 1.807) is 0 Å². The van der Waals surface area contributed by atoms with Gasteiger partial charge in [0.05, 0.1) is 17.6 Å². The van der Waals surface area contributed by atoms with Gasteiger partial charge in [-0.25, -0.2) is 4.99 Å². The minimum atomic E-state index is 0.380. The maximum Gasteiger partial charge on any atom is 0.226 e. The zero-order chi connectivity index (χ0) is 26.9. The van der Waals surface area contributed by atoms with Gasteiger partial charge in [0.15, 0.2) is 0 Å². The van der Waals surface area contributed by atoms with Gasteiger partial charge in [0.25, 0.3) is 0 Å². The molecule has 7 rings (SSSR count). The second-order valence-corrected chi connectivity index (χ2v) is 9.98. The van der Waals surface area contributed by atoms with Gasteiger partial charge >= 0.3 is 0 Å². The van der Waals surface area contributed by atoms with Gasteiger partial charge in [-0.3, -0.25) is 5.41 Å². The number of nitrogens with zero attached hydrogens (tertiary/aromatic N) is 2. The topological polar surface area (TPSA) is 54.3 Å². The van der Waals surface area contributed by atoms with Crippen LogP contribution in [0.2, 0.25) is 0 Å². The quantitative estimate of drug-likeness (QED) is 0.232. The van der Waals surface area contributed by atoms with E-state index in [9.17, 15) is 5.41 Å². The SMILES string of the molecule is N=c1c2c(=NCc3ccccc3)oc3c4ccccc4ccc3c2cc(-c2ccccc2)n1Cc1ccccc1. The summed E-state index contributed by atoms with van der Waals surface area (Å²) in [5.41, 5.74) is 5.91. The van der Waals surface area contributed by atoms with Crippen molar-refractivity contribution in [3.05, 3.63) is 156 Å². The molecule has 192 valence electrons. The standard InChI is InChI=1S/C36H27N3O/c37-35-33-31(22-32(28-17-8-3-9-18-28)39(35)24-26-14-6-2-7-15-26)30-21-20-27-16-10-11-19-29(27)34(30)40-36(33)38-23-25-12-4-1-5-13-25/h1-22,37H,23-24H2. The number of hydrogen-bond acceptors (Lipinski definition) is 3. The Hall–Kier alpha value is -5.22. The molecule has 0 aliphatic rings. The van der Waals surface area contributed by atoms with Gasteiger partial charge in [-0.1, -0.05) is 121 Å². The van der Waals surface area contributed by atoms with Crippen LogP contribution < -0.4 is 11.0 Å². The summed E-state index contributed by atoms with van der Waals surface area (Å²) in [5.74, 6) is 0.